The van der Waals surface area contributed by atoms with Crippen LogP contribution in [0.2, 0.25) is 0 Å². The van der Waals surface area contributed by atoms with Gasteiger partial charge in [0.25, 0.3) is 0 Å². The van der Waals surface area contributed by atoms with Gasteiger partial charge in [-0.1, -0.05) is 62.1 Å². The number of ketones is 1. The van der Waals surface area contributed by atoms with E-state index in [0.29, 0.717) is 17.9 Å². The summed E-state index contributed by atoms with van der Waals surface area (Å²) in [6.45, 7) is 8.32. The minimum Gasteiger partial charge on any atom is -0.489 e. The fourth-order valence-corrected chi connectivity index (χ4v) is 3.37. The van der Waals surface area contributed by atoms with Crippen molar-refractivity contribution in [2.45, 2.75) is 59.8 Å². The first kappa shape index (κ1) is 27.9. The van der Waals surface area contributed by atoms with Crippen molar-refractivity contribution in [3.05, 3.63) is 76.9 Å². The molecule has 0 fully saturated rings. The van der Waals surface area contributed by atoms with Crippen molar-refractivity contribution >= 4 is 17.8 Å². The van der Waals surface area contributed by atoms with E-state index in [9.17, 15) is 9.59 Å². The number of aryl methyl sites for hydroxylation is 1. The molecule has 0 aliphatic rings. The number of hydrogen-bond acceptors (Lipinski definition) is 5. The van der Waals surface area contributed by atoms with Crippen LogP contribution in [-0.4, -0.2) is 31.6 Å². The van der Waals surface area contributed by atoms with Crippen LogP contribution >= 0.6 is 0 Å². The number of carbonyl (C=O) groups is 2. The predicted molar refractivity (Wildman–Crippen MR) is 141 cm³/mol. The Kier molecular flexibility index (Phi) is 12.4. The predicted octanol–water partition coefficient (Wildman–Crippen LogP) is 6.99. The number of unbranched alkanes of at least 4 members (excludes halogenated alkanes) is 3. The SMILES string of the molecule is CCCCCCc1ccc(/C=C/C(=O)c2ccc(OCC=C(C)C)cc2OCC(=O)OCC)cc1. The standard InChI is InChI=1S/C30H38O5/c1-5-7-8-9-10-24-11-13-25(14-12-24)15-18-28(31)27-17-16-26(34-20-19-23(3)4)21-29(27)35-22-30(32)33-6-2/h11-19,21H,5-10,20,22H2,1-4H3/b18-15+. The van der Waals surface area contributed by atoms with Gasteiger partial charge < -0.3 is 14.2 Å². The number of rotatable bonds is 15. The molecule has 0 radical (unpaired) electrons. The molecule has 0 atom stereocenters. The first-order valence-electron chi connectivity index (χ1n) is 12.4. The van der Waals surface area contributed by atoms with Crippen LogP contribution in [0.1, 0.15) is 74.9 Å². The van der Waals surface area contributed by atoms with E-state index in [1.165, 1.54) is 37.3 Å². The highest BCUT2D eigenvalue weighted by atomic mass is 16.6. The van der Waals surface area contributed by atoms with E-state index in [4.69, 9.17) is 14.2 Å². The monoisotopic (exact) mass is 478 g/mol. The highest BCUT2D eigenvalue weighted by molar-refractivity contribution is 6.08. The van der Waals surface area contributed by atoms with Crippen molar-refractivity contribution in [1.29, 1.82) is 0 Å². The van der Waals surface area contributed by atoms with Gasteiger partial charge in [-0.2, -0.15) is 0 Å². The molecule has 0 heterocycles. The summed E-state index contributed by atoms with van der Waals surface area (Å²) in [6, 6.07) is 13.3. The highest BCUT2D eigenvalue weighted by Crippen LogP contribution is 2.26. The number of esters is 1. The average Bonchev–Trinajstić information content (AvgIpc) is 2.84. The average molecular weight is 479 g/mol. The Labute approximate surface area is 209 Å². The Morgan fingerprint density at radius 3 is 2.37 bits per heavy atom. The Hall–Kier alpha value is -3.34. The molecule has 2 aromatic rings. The third-order valence-electron chi connectivity index (χ3n) is 5.34. The molecule has 5 heteroatoms. The molecule has 5 nitrogen and oxygen atoms in total. The fourth-order valence-electron chi connectivity index (χ4n) is 3.37. The van der Waals surface area contributed by atoms with Gasteiger partial charge in [-0.15, -0.1) is 0 Å². The Balaban J connectivity index is 2.10. The van der Waals surface area contributed by atoms with E-state index in [1.54, 1.807) is 31.2 Å². The number of benzene rings is 2. The maximum Gasteiger partial charge on any atom is 0.344 e. The van der Waals surface area contributed by atoms with Gasteiger partial charge in [0.1, 0.15) is 18.1 Å². The summed E-state index contributed by atoms with van der Waals surface area (Å²) in [5.74, 6) is 0.122. The lowest BCUT2D eigenvalue weighted by molar-refractivity contribution is -0.145. The molecule has 35 heavy (non-hydrogen) atoms. The van der Waals surface area contributed by atoms with Crippen molar-refractivity contribution < 1.29 is 23.8 Å². The van der Waals surface area contributed by atoms with Gasteiger partial charge in [0.2, 0.25) is 0 Å². The lowest BCUT2D eigenvalue weighted by atomic mass is 10.0. The number of ether oxygens (including phenoxy) is 3. The van der Waals surface area contributed by atoms with Gasteiger partial charge >= 0.3 is 5.97 Å². The minimum absolute atomic E-state index is 0.219. The summed E-state index contributed by atoms with van der Waals surface area (Å²) >= 11 is 0. The van der Waals surface area contributed by atoms with Crippen molar-refractivity contribution in [2.24, 2.45) is 0 Å². The molecule has 0 saturated carbocycles. The Morgan fingerprint density at radius 2 is 1.69 bits per heavy atom. The first-order chi connectivity index (χ1) is 16.9. The molecule has 0 aliphatic carbocycles. The van der Waals surface area contributed by atoms with Crippen LogP contribution in [0.15, 0.2) is 60.2 Å². The third-order valence-corrected chi connectivity index (χ3v) is 5.34. The molecule has 0 N–H and O–H groups in total. The summed E-state index contributed by atoms with van der Waals surface area (Å²) in [5.41, 5.74) is 3.76. The largest absolute Gasteiger partial charge is 0.489 e. The van der Waals surface area contributed by atoms with Gasteiger partial charge in [0.15, 0.2) is 12.4 Å². The summed E-state index contributed by atoms with van der Waals surface area (Å²) in [7, 11) is 0. The zero-order valence-electron chi connectivity index (χ0n) is 21.5. The Morgan fingerprint density at radius 1 is 0.914 bits per heavy atom. The molecule has 0 unspecified atom stereocenters. The maximum absolute atomic E-state index is 13.0. The van der Waals surface area contributed by atoms with Crippen LogP contribution in [0.25, 0.3) is 6.08 Å². The van der Waals surface area contributed by atoms with Crippen LogP contribution in [-0.2, 0) is 16.0 Å². The number of hydrogen-bond donors (Lipinski definition) is 0. The highest BCUT2D eigenvalue weighted by Gasteiger charge is 2.14. The minimum atomic E-state index is -0.493. The van der Waals surface area contributed by atoms with E-state index in [-0.39, 0.29) is 24.7 Å². The number of carbonyl (C=O) groups excluding carboxylic acids is 2. The molecule has 0 bridgehead atoms. The molecular formula is C30H38O5. The quantitative estimate of drug-likeness (QED) is 0.0907. The molecular weight excluding hydrogens is 440 g/mol. The van der Waals surface area contributed by atoms with Crippen molar-refractivity contribution in [2.75, 3.05) is 19.8 Å². The number of allylic oxidation sites excluding steroid dienone is 2. The summed E-state index contributed by atoms with van der Waals surface area (Å²) in [5, 5.41) is 0. The normalized spacial score (nSPS) is 10.7. The summed E-state index contributed by atoms with van der Waals surface area (Å²) < 4.78 is 16.3. The second kappa shape index (κ2) is 15.5. The van der Waals surface area contributed by atoms with Crippen molar-refractivity contribution in [1.82, 2.24) is 0 Å². The van der Waals surface area contributed by atoms with Crippen LogP contribution in [0, 0.1) is 0 Å². The molecule has 0 aromatic heterocycles. The first-order valence-corrected chi connectivity index (χ1v) is 12.4. The topological polar surface area (TPSA) is 61.8 Å². The smallest absolute Gasteiger partial charge is 0.344 e. The molecule has 2 aromatic carbocycles. The molecule has 0 amide bonds. The van der Waals surface area contributed by atoms with E-state index in [0.717, 1.165) is 17.6 Å². The maximum atomic E-state index is 13.0. The summed E-state index contributed by atoms with van der Waals surface area (Å²) in [4.78, 5) is 24.7. The van der Waals surface area contributed by atoms with E-state index >= 15 is 0 Å². The van der Waals surface area contributed by atoms with Gasteiger partial charge in [-0.05, 0) is 69.0 Å². The zero-order valence-corrected chi connectivity index (χ0v) is 21.5. The second-order valence-electron chi connectivity index (χ2n) is 8.59. The molecule has 2 rings (SSSR count). The van der Waals surface area contributed by atoms with E-state index in [2.05, 4.69) is 19.1 Å². The third kappa shape index (κ3) is 10.6. The molecule has 188 valence electrons. The van der Waals surface area contributed by atoms with Crippen LogP contribution < -0.4 is 9.47 Å². The van der Waals surface area contributed by atoms with Crippen LogP contribution in [0.3, 0.4) is 0 Å². The van der Waals surface area contributed by atoms with Gasteiger partial charge in [0, 0.05) is 6.07 Å². The van der Waals surface area contributed by atoms with Crippen molar-refractivity contribution in [3.8, 4) is 11.5 Å². The Bertz CT molecular complexity index is 998. The van der Waals surface area contributed by atoms with E-state index in [1.807, 2.05) is 32.1 Å². The van der Waals surface area contributed by atoms with Gasteiger partial charge in [0.05, 0.1) is 12.2 Å². The van der Waals surface area contributed by atoms with E-state index < -0.39 is 5.97 Å². The summed E-state index contributed by atoms with van der Waals surface area (Å²) in [6.07, 6.45) is 11.3. The van der Waals surface area contributed by atoms with Crippen LogP contribution in [0.5, 0.6) is 11.5 Å². The van der Waals surface area contributed by atoms with Crippen molar-refractivity contribution in [3.63, 3.8) is 0 Å². The lowest BCUT2D eigenvalue weighted by Crippen LogP contribution is -2.16. The molecule has 0 aliphatic heterocycles. The molecule has 0 spiro atoms. The van der Waals surface area contributed by atoms with Crippen LogP contribution in [0.4, 0.5) is 0 Å². The zero-order chi connectivity index (χ0) is 25.5. The second-order valence-corrected chi connectivity index (χ2v) is 8.59. The lowest BCUT2D eigenvalue weighted by Gasteiger charge is -2.12. The fraction of sp³-hybridized carbons (Fsp3) is 0.400. The van der Waals surface area contributed by atoms with Gasteiger partial charge in [-0.25, -0.2) is 4.79 Å². The molecule has 0 saturated heterocycles. The van der Waals surface area contributed by atoms with Gasteiger partial charge in [-0.3, -0.25) is 4.79 Å².